The molecule has 0 bridgehead atoms. The van der Waals surface area contributed by atoms with Gasteiger partial charge in [0, 0.05) is 19.3 Å². The first-order chi connectivity index (χ1) is 8.61. The molecule has 18 heavy (non-hydrogen) atoms. The molecule has 1 aromatic heterocycles. The molecule has 7 heteroatoms. The average molecular weight is 249 g/mol. The molecule has 0 spiro atoms. The lowest BCUT2D eigenvalue weighted by molar-refractivity contribution is -0.124. The van der Waals surface area contributed by atoms with Gasteiger partial charge in [0.2, 0.25) is 5.91 Å². The number of amides is 2. The highest BCUT2D eigenvalue weighted by Crippen LogP contribution is 2.02. The summed E-state index contributed by atoms with van der Waals surface area (Å²) >= 11 is 0. The Morgan fingerprint density at radius 1 is 1.44 bits per heavy atom. The van der Waals surface area contributed by atoms with E-state index >= 15 is 0 Å². The quantitative estimate of drug-likeness (QED) is 0.397. The van der Waals surface area contributed by atoms with Crippen molar-refractivity contribution in [3.05, 3.63) is 30.0 Å². The number of hydrogen-bond acceptors (Lipinski definition) is 5. The van der Waals surface area contributed by atoms with Crippen LogP contribution >= 0.6 is 0 Å². The van der Waals surface area contributed by atoms with E-state index in [4.69, 9.17) is 5.73 Å². The smallest absolute Gasteiger partial charge is 0.253 e. The zero-order valence-corrected chi connectivity index (χ0v) is 9.93. The van der Waals surface area contributed by atoms with Crippen LogP contribution in [-0.4, -0.2) is 30.4 Å². The second kappa shape index (κ2) is 7.02. The topological polar surface area (TPSA) is 109 Å². The molecule has 0 aromatic carbocycles. The molecule has 0 unspecified atom stereocenters. The van der Waals surface area contributed by atoms with Gasteiger partial charge in [-0.2, -0.15) is 0 Å². The number of nitrogen functional groups attached to an aromatic ring is 1. The number of rotatable bonds is 5. The fraction of sp³-hybridized carbons (Fsp3) is 0.182. The third kappa shape index (κ3) is 5.08. The fourth-order valence-electron chi connectivity index (χ4n) is 1.10. The van der Waals surface area contributed by atoms with Gasteiger partial charge in [-0.05, 0) is 23.8 Å². The predicted octanol–water partition coefficient (Wildman–Crippen LogP) is -0.956. The summed E-state index contributed by atoms with van der Waals surface area (Å²) in [5.41, 5.74) is 11.0. The summed E-state index contributed by atoms with van der Waals surface area (Å²) in [6.07, 6.45) is 4.45. The molecule has 0 saturated heterocycles. The van der Waals surface area contributed by atoms with Gasteiger partial charge < -0.3 is 11.1 Å². The van der Waals surface area contributed by atoms with E-state index in [2.05, 4.69) is 21.2 Å². The Hall–Kier alpha value is -2.41. The van der Waals surface area contributed by atoms with E-state index in [0.717, 1.165) is 5.56 Å². The Balaban J connectivity index is 2.40. The molecule has 0 atom stereocenters. The van der Waals surface area contributed by atoms with Crippen molar-refractivity contribution in [3.63, 3.8) is 0 Å². The lowest BCUT2D eigenvalue weighted by Gasteiger charge is -2.02. The highest BCUT2D eigenvalue weighted by Gasteiger charge is 2.00. The van der Waals surface area contributed by atoms with E-state index in [1.807, 2.05) is 0 Å². The third-order valence-corrected chi connectivity index (χ3v) is 1.92. The van der Waals surface area contributed by atoms with Gasteiger partial charge in [-0.15, -0.1) is 0 Å². The van der Waals surface area contributed by atoms with Crippen molar-refractivity contribution >= 4 is 23.7 Å². The summed E-state index contributed by atoms with van der Waals surface area (Å²) in [6.45, 7) is -0.0933. The van der Waals surface area contributed by atoms with E-state index in [-0.39, 0.29) is 18.4 Å². The molecule has 0 aliphatic heterocycles. The van der Waals surface area contributed by atoms with Crippen molar-refractivity contribution in [2.45, 2.75) is 0 Å². The predicted molar refractivity (Wildman–Crippen MR) is 67.9 cm³/mol. The van der Waals surface area contributed by atoms with Gasteiger partial charge in [0.05, 0.1) is 6.54 Å². The van der Waals surface area contributed by atoms with Crippen molar-refractivity contribution in [2.24, 2.45) is 0 Å². The Bertz CT molecular complexity index is 441. The van der Waals surface area contributed by atoms with Crippen LogP contribution in [0.5, 0.6) is 0 Å². The average Bonchev–Trinajstić information content (AvgIpc) is 2.36. The van der Waals surface area contributed by atoms with Gasteiger partial charge in [0.15, 0.2) is 0 Å². The van der Waals surface area contributed by atoms with E-state index < -0.39 is 0 Å². The van der Waals surface area contributed by atoms with Crippen LogP contribution in [-0.2, 0) is 9.59 Å². The van der Waals surface area contributed by atoms with Gasteiger partial charge in [-0.25, -0.2) is 10.4 Å². The molecule has 1 rings (SSSR count). The number of aromatic nitrogens is 1. The minimum absolute atomic E-state index is 0.0933. The van der Waals surface area contributed by atoms with E-state index in [1.165, 1.54) is 6.08 Å². The number of carbonyl (C=O) groups is 2. The number of hydrazine groups is 1. The molecule has 0 aliphatic rings. The van der Waals surface area contributed by atoms with Crippen LogP contribution in [0.15, 0.2) is 24.4 Å². The second-order valence-corrected chi connectivity index (χ2v) is 3.37. The molecule has 96 valence electrons. The molecular weight excluding hydrogens is 234 g/mol. The van der Waals surface area contributed by atoms with Crippen LogP contribution in [0.2, 0.25) is 0 Å². The molecule has 0 fully saturated rings. The molecule has 0 aliphatic carbocycles. The highest BCUT2D eigenvalue weighted by atomic mass is 16.2. The summed E-state index contributed by atoms with van der Waals surface area (Å²) < 4.78 is 0. The summed E-state index contributed by atoms with van der Waals surface area (Å²) in [4.78, 5) is 26.2. The first-order valence-corrected chi connectivity index (χ1v) is 5.25. The monoisotopic (exact) mass is 249 g/mol. The summed E-state index contributed by atoms with van der Waals surface area (Å²) in [6, 6.07) is 3.37. The Morgan fingerprint density at radius 3 is 2.83 bits per heavy atom. The van der Waals surface area contributed by atoms with E-state index in [1.54, 1.807) is 31.5 Å². The van der Waals surface area contributed by atoms with Gasteiger partial charge in [-0.3, -0.25) is 15.0 Å². The van der Waals surface area contributed by atoms with Crippen molar-refractivity contribution < 1.29 is 9.59 Å². The van der Waals surface area contributed by atoms with E-state index in [0.29, 0.717) is 5.82 Å². The number of pyridine rings is 1. The van der Waals surface area contributed by atoms with Crippen LogP contribution in [0, 0.1) is 0 Å². The Morgan fingerprint density at radius 2 is 2.22 bits per heavy atom. The summed E-state index contributed by atoms with van der Waals surface area (Å²) in [7, 11) is 1.56. The van der Waals surface area contributed by atoms with Gasteiger partial charge in [-0.1, -0.05) is 0 Å². The first kappa shape index (κ1) is 13.7. The normalized spacial score (nSPS) is 10.3. The van der Waals surface area contributed by atoms with Crippen LogP contribution in [0.4, 0.5) is 5.82 Å². The lowest BCUT2D eigenvalue weighted by atomic mass is 10.2. The van der Waals surface area contributed by atoms with Crippen molar-refractivity contribution in [1.29, 1.82) is 0 Å². The molecule has 5 N–H and O–H groups in total. The number of nitrogens with zero attached hydrogens (tertiary/aromatic N) is 1. The fourth-order valence-corrected chi connectivity index (χ4v) is 1.10. The van der Waals surface area contributed by atoms with Crippen LogP contribution in [0.3, 0.4) is 0 Å². The zero-order valence-electron chi connectivity index (χ0n) is 9.93. The number of carbonyl (C=O) groups excluding carboxylic acids is 2. The first-order valence-electron chi connectivity index (χ1n) is 5.25. The number of nitrogens with two attached hydrogens (primary N) is 1. The summed E-state index contributed by atoms with van der Waals surface area (Å²) in [5, 5.41) is 2.43. The van der Waals surface area contributed by atoms with Gasteiger partial charge in [0.1, 0.15) is 5.82 Å². The van der Waals surface area contributed by atoms with Crippen molar-refractivity contribution in [3.8, 4) is 0 Å². The maximum absolute atomic E-state index is 11.3. The number of hydrogen-bond donors (Lipinski definition) is 4. The SMILES string of the molecule is CNNC(=O)CNC(=O)/C=C/c1ccc(N)nc1. The highest BCUT2D eigenvalue weighted by molar-refractivity contribution is 5.94. The zero-order chi connectivity index (χ0) is 13.4. The van der Waals surface area contributed by atoms with Gasteiger partial charge in [0.25, 0.3) is 5.91 Å². The molecule has 1 aromatic rings. The van der Waals surface area contributed by atoms with Crippen LogP contribution in [0.25, 0.3) is 6.08 Å². The molecule has 2 amide bonds. The van der Waals surface area contributed by atoms with Crippen LogP contribution < -0.4 is 21.9 Å². The maximum Gasteiger partial charge on any atom is 0.253 e. The molecule has 0 saturated carbocycles. The van der Waals surface area contributed by atoms with Gasteiger partial charge >= 0.3 is 0 Å². The minimum atomic E-state index is -0.363. The molecule has 1 heterocycles. The number of anilines is 1. The standard InChI is InChI=1S/C11H15N5O2/c1-13-16-11(18)7-15-10(17)5-3-8-2-4-9(12)14-6-8/h2-6,13H,7H2,1H3,(H2,12,14)(H,15,17)(H,16,18)/b5-3+. The molecule has 0 radical (unpaired) electrons. The van der Waals surface area contributed by atoms with E-state index in [9.17, 15) is 9.59 Å². The maximum atomic E-state index is 11.3. The molecular formula is C11H15N5O2. The van der Waals surface area contributed by atoms with Crippen LogP contribution in [0.1, 0.15) is 5.56 Å². The second-order valence-electron chi connectivity index (χ2n) is 3.37. The summed E-state index contributed by atoms with van der Waals surface area (Å²) in [5.74, 6) is -0.271. The van der Waals surface area contributed by atoms with Crippen molar-refractivity contribution in [1.82, 2.24) is 21.2 Å². The Kier molecular flexibility index (Phi) is 5.33. The minimum Gasteiger partial charge on any atom is -0.384 e. The lowest BCUT2D eigenvalue weighted by Crippen LogP contribution is -2.41. The van der Waals surface area contributed by atoms with Crippen molar-refractivity contribution in [2.75, 3.05) is 19.3 Å². The Labute approximate surface area is 104 Å². The molecule has 7 nitrogen and oxygen atoms in total. The largest absolute Gasteiger partial charge is 0.384 e. The third-order valence-electron chi connectivity index (χ3n) is 1.92. The number of nitrogens with one attached hydrogen (secondary N) is 3.